The molecule has 0 aromatic heterocycles. The standard InChI is InChI=1S/C52H80N2.2C2H5.Ni/c1-5-9-13-15-17-18-19-20-21-22-23-24-25-26-27-28-30-32-39-47-40-33-34-43-50(47)52(51(42-12-8-4)49(45-54-53)38-11-7-3)48-41-35-37-46(44-48)36-31-29-16-14-10-6-2;2*1-2;/h33-35,37,40-41,43-44H,5-27,29,31-32,36,38-39,42H2,1-4H3;2*1H2,2H3;. The fourth-order valence-electron chi connectivity index (χ4n) is 7.87. The van der Waals surface area contributed by atoms with Crippen molar-refractivity contribution >= 4 is 11.4 Å². The van der Waals surface area contributed by atoms with E-state index in [4.69, 9.17) is 0 Å². The van der Waals surface area contributed by atoms with Crippen LogP contribution in [0.25, 0.3) is 11.1 Å². The number of aryl methyl sites for hydroxylation is 2. The first-order valence-corrected chi connectivity index (χ1v) is 26.3. The number of rotatable bonds is 34. The summed E-state index contributed by atoms with van der Waals surface area (Å²) in [4.78, 5) is 3.49. The second kappa shape index (κ2) is 40.8. The Morgan fingerprint density at radius 1 is 0.525 bits per heavy atom. The Morgan fingerprint density at radius 3 is 1.61 bits per heavy atom. The molecule has 2 aromatic carbocycles. The third kappa shape index (κ3) is 27.8. The van der Waals surface area contributed by atoms with Crippen molar-refractivity contribution in [3.8, 4) is 11.8 Å². The van der Waals surface area contributed by atoms with E-state index in [9.17, 15) is 5.53 Å². The summed E-state index contributed by atoms with van der Waals surface area (Å²) in [6.07, 6.45) is 37.5. The van der Waals surface area contributed by atoms with Gasteiger partial charge in [0.15, 0.2) is 0 Å². The van der Waals surface area contributed by atoms with Crippen LogP contribution in [0.2, 0.25) is 10.8 Å². The predicted molar refractivity (Wildman–Crippen MR) is 259 cm³/mol. The molecule has 0 aliphatic carbocycles. The molecule has 0 radical (unpaired) electrons. The molecule has 0 N–H and O–H groups in total. The van der Waals surface area contributed by atoms with Gasteiger partial charge < -0.3 is 5.53 Å². The third-order valence-electron chi connectivity index (χ3n) is 11.3. The maximum atomic E-state index is 9.78. The van der Waals surface area contributed by atoms with E-state index < -0.39 is 0 Å². The molecule has 2 rings (SSSR count). The number of allylic oxidation sites excluding steroid dienone is 2. The van der Waals surface area contributed by atoms with Crippen LogP contribution in [0.3, 0.4) is 0 Å². The Labute approximate surface area is 373 Å². The van der Waals surface area contributed by atoms with Crippen LogP contribution in [-0.2, 0) is 27.3 Å². The summed E-state index contributed by atoms with van der Waals surface area (Å²) in [5.74, 6) is 10.1. The molecule has 0 aliphatic heterocycles. The van der Waals surface area contributed by atoms with Gasteiger partial charge in [-0.1, -0.05) is 205 Å². The van der Waals surface area contributed by atoms with Gasteiger partial charge in [0.05, 0.1) is 5.57 Å². The molecule has 334 valence electrons. The zero-order chi connectivity index (χ0) is 42.9. The molecule has 0 fully saturated rings. The summed E-state index contributed by atoms with van der Waals surface area (Å²) in [5.41, 5.74) is 18.7. The predicted octanol–water partition coefficient (Wildman–Crippen LogP) is 18.4. The molecule has 2 aromatic rings. The quantitative estimate of drug-likeness (QED) is 0.0128. The van der Waals surface area contributed by atoms with E-state index in [2.05, 4.69) is 113 Å². The van der Waals surface area contributed by atoms with E-state index in [1.807, 2.05) is 14.4 Å². The minimum absolute atomic E-state index is 0.869. The average molecular weight is 850 g/mol. The average Bonchev–Trinajstić information content (AvgIpc) is 3.25. The van der Waals surface area contributed by atoms with E-state index in [0.717, 1.165) is 69.8 Å². The van der Waals surface area contributed by atoms with Gasteiger partial charge in [0, 0.05) is 12.8 Å². The monoisotopic (exact) mass is 849 g/mol. The maximum absolute atomic E-state index is 9.78. The number of hydrogen-bond donors (Lipinski definition) is 0. The van der Waals surface area contributed by atoms with Gasteiger partial charge in [-0.15, -0.1) is 16.6 Å². The zero-order valence-corrected chi connectivity index (χ0v) is 40.4. The Morgan fingerprint density at radius 2 is 1.05 bits per heavy atom. The van der Waals surface area contributed by atoms with E-state index >= 15 is 0 Å². The number of nitrogens with zero attached hydrogens (tertiary/aromatic N) is 2. The second-order valence-electron chi connectivity index (χ2n) is 16.4. The van der Waals surface area contributed by atoms with E-state index in [0.29, 0.717) is 0 Å². The third-order valence-corrected chi connectivity index (χ3v) is 12.3. The molecule has 0 heterocycles. The second-order valence-corrected chi connectivity index (χ2v) is 18.3. The van der Waals surface area contributed by atoms with Gasteiger partial charge in [0.2, 0.25) is 0 Å². The van der Waals surface area contributed by atoms with Crippen molar-refractivity contribution in [2.75, 3.05) is 0 Å². The number of unbranched alkanes of at least 4 members (excludes halogenated alkanes) is 21. The van der Waals surface area contributed by atoms with Gasteiger partial charge in [-0.25, -0.2) is 0 Å². The van der Waals surface area contributed by atoms with Crippen LogP contribution in [0.1, 0.15) is 244 Å². The van der Waals surface area contributed by atoms with Gasteiger partial charge in [0.25, 0.3) is 0 Å². The van der Waals surface area contributed by atoms with Crippen LogP contribution in [0, 0.1) is 11.8 Å². The fraction of sp³-hybridized carbons (Fsp3) is 0.679. The molecule has 0 bridgehead atoms. The zero-order valence-electron chi connectivity index (χ0n) is 39.5. The van der Waals surface area contributed by atoms with E-state index in [-0.39, 0.29) is 0 Å². The van der Waals surface area contributed by atoms with Gasteiger partial charge in [0.1, 0.15) is 0 Å². The Balaban J connectivity index is 0.00000327. The molecular weight excluding hydrogens is 759 g/mol. The summed E-state index contributed by atoms with van der Waals surface area (Å²) >= 11 is 1.82. The molecule has 0 amide bonds. The summed E-state index contributed by atoms with van der Waals surface area (Å²) < 4.78 is 0. The van der Waals surface area contributed by atoms with E-state index in [1.165, 1.54) is 173 Å². The summed E-state index contributed by atoms with van der Waals surface area (Å²) in [6.45, 7) is 13.4. The summed E-state index contributed by atoms with van der Waals surface area (Å²) in [5, 5.41) is 2.56. The van der Waals surface area contributed by atoms with E-state index in [1.54, 1.807) is 0 Å². The summed E-state index contributed by atoms with van der Waals surface area (Å²) in [7, 11) is 0. The van der Waals surface area contributed by atoms with Gasteiger partial charge in [-0.05, 0) is 84.8 Å². The van der Waals surface area contributed by atoms with Crippen molar-refractivity contribution in [1.29, 1.82) is 0 Å². The van der Waals surface area contributed by atoms with Crippen molar-refractivity contribution in [3.63, 3.8) is 0 Å². The van der Waals surface area contributed by atoms with Crippen LogP contribution in [-0.4, -0.2) is 10.7 Å². The molecule has 0 saturated heterocycles. The van der Waals surface area contributed by atoms with Crippen molar-refractivity contribution in [1.82, 2.24) is 0 Å². The Kier molecular flexibility index (Phi) is 37.6. The van der Waals surface area contributed by atoms with Crippen molar-refractivity contribution in [2.45, 2.75) is 245 Å². The molecular formula is C56H90N2Ni. The van der Waals surface area contributed by atoms with Crippen LogP contribution in [0.5, 0.6) is 0 Å². The van der Waals surface area contributed by atoms with Crippen LogP contribution in [0.4, 0.5) is 0 Å². The molecule has 0 unspecified atom stereocenters. The van der Waals surface area contributed by atoms with Crippen LogP contribution < -0.4 is 0 Å². The van der Waals surface area contributed by atoms with Gasteiger partial charge in [-0.3, -0.25) is 0 Å². The van der Waals surface area contributed by atoms with Crippen LogP contribution in [0.15, 0.2) is 59.7 Å². The Hall–Kier alpha value is -2.61. The molecule has 59 heavy (non-hydrogen) atoms. The SMILES string of the molecule is CCCCCCCCCCCCCCCCC#CCCc1ccccc1C(=C(CCCC)C(=C=[N+]=[N-])CCCC)c1cccc(CCCCCCCC)c1.C[CH2][Ni][CH2]C. The Bertz CT molecular complexity index is 1480. The number of hydrogen-bond acceptors (Lipinski definition) is 0. The molecule has 0 atom stereocenters. The van der Waals surface area contributed by atoms with Gasteiger partial charge >= 0.3 is 44.9 Å². The first-order chi connectivity index (χ1) is 29.1. The summed E-state index contributed by atoms with van der Waals surface area (Å²) in [6, 6.07) is 18.3. The molecule has 2 nitrogen and oxygen atoms in total. The molecule has 0 saturated carbocycles. The minimum atomic E-state index is 0.869. The molecule has 3 heteroatoms. The fourth-order valence-corrected chi connectivity index (χ4v) is 8.37. The van der Waals surface area contributed by atoms with Crippen molar-refractivity contribution in [2.24, 2.45) is 0 Å². The first-order valence-electron chi connectivity index (χ1n) is 24.9. The molecule has 0 spiro atoms. The first kappa shape index (κ1) is 54.4. The normalized spacial score (nSPS) is 11.2. The van der Waals surface area contributed by atoms with Gasteiger partial charge in [-0.2, -0.15) is 0 Å². The van der Waals surface area contributed by atoms with Crippen molar-refractivity contribution in [3.05, 3.63) is 87.5 Å². The molecule has 0 aliphatic rings. The van der Waals surface area contributed by atoms with Crippen molar-refractivity contribution < 1.29 is 19.2 Å². The van der Waals surface area contributed by atoms with Crippen LogP contribution >= 0.6 is 0 Å². The topological polar surface area (TPSA) is 36.4 Å². The number of benzene rings is 2.